The maximum absolute atomic E-state index is 10.9. The van der Waals surface area contributed by atoms with E-state index in [1.165, 1.54) is 14.7 Å². The van der Waals surface area contributed by atoms with Crippen molar-refractivity contribution in [1.82, 2.24) is 30.7 Å². The van der Waals surface area contributed by atoms with E-state index in [1.54, 1.807) is 0 Å². The molecular formula is C16H40N6O8. The largest absolute Gasteiger partial charge is 0.400 e. The molecule has 0 radical (unpaired) electrons. The molecule has 14 nitrogen and oxygen atoms in total. The lowest BCUT2D eigenvalue weighted by Crippen LogP contribution is -2.32. The van der Waals surface area contributed by atoms with E-state index in [9.17, 15) is 14.4 Å². The van der Waals surface area contributed by atoms with Gasteiger partial charge < -0.3 is 41.5 Å². The van der Waals surface area contributed by atoms with Crippen LogP contribution in [-0.4, -0.2) is 132 Å². The average molecular weight is 445 g/mol. The minimum absolute atomic E-state index is 0. The highest BCUT2D eigenvalue weighted by Gasteiger charge is 2.26. The molecule has 182 valence electrons. The maximum Gasteiger partial charge on any atom is 0.323 e. The SMILES string of the molecule is C.C.CO.CO.O=C1N(CO)CCN1CO.O=C1NCCN1.O=C1NCCN1CO. The molecule has 3 heterocycles. The molecule has 3 fully saturated rings. The monoisotopic (exact) mass is 444 g/mol. The summed E-state index contributed by atoms with van der Waals surface area (Å²) in [6.07, 6.45) is 0. The van der Waals surface area contributed by atoms with Crippen LogP contribution < -0.4 is 16.0 Å². The molecule has 0 aromatic rings. The van der Waals surface area contributed by atoms with Crippen molar-refractivity contribution in [2.45, 2.75) is 14.9 Å². The third-order valence-corrected chi connectivity index (χ3v) is 3.33. The molecule has 6 amide bonds. The zero-order chi connectivity index (χ0) is 21.9. The summed E-state index contributed by atoms with van der Waals surface area (Å²) in [5.41, 5.74) is 0. The lowest BCUT2D eigenvalue weighted by Gasteiger charge is -2.13. The van der Waals surface area contributed by atoms with Crippen LogP contribution in [0.5, 0.6) is 0 Å². The van der Waals surface area contributed by atoms with Gasteiger partial charge in [0.2, 0.25) is 0 Å². The van der Waals surface area contributed by atoms with Gasteiger partial charge >= 0.3 is 18.1 Å². The Labute approximate surface area is 178 Å². The van der Waals surface area contributed by atoms with Crippen molar-refractivity contribution in [1.29, 1.82) is 0 Å². The van der Waals surface area contributed by atoms with Gasteiger partial charge in [0.25, 0.3) is 0 Å². The highest BCUT2D eigenvalue weighted by Crippen LogP contribution is 2.05. The molecule has 0 aromatic heterocycles. The highest BCUT2D eigenvalue weighted by atomic mass is 16.3. The van der Waals surface area contributed by atoms with Gasteiger partial charge in [-0.3, -0.25) is 14.7 Å². The first-order valence-corrected chi connectivity index (χ1v) is 8.33. The fraction of sp³-hybridized carbons (Fsp3) is 0.812. The van der Waals surface area contributed by atoms with Crippen molar-refractivity contribution in [3.63, 3.8) is 0 Å². The predicted molar refractivity (Wildman–Crippen MR) is 111 cm³/mol. The first-order chi connectivity index (χ1) is 13.5. The Morgan fingerprint density at radius 1 is 0.667 bits per heavy atom. The van der Waals surface area contributed by atoms with Crippen LogP contribution in [0.15, 0.2) is 0 Å². The Balaban J connectivity index is -0.000000154. The van der Waals surface area contributed by atoms with Crippen molar-refractivity contribution in [3.8, 4) is 0 Å². The number of carbonyl (C=O) groups excluding carboxylic acids is 3. The van der Waals surface area contributed by atoms with Crippen molar-refractivity contribution in [3.05, 3.63) is 0 Å². The molecule has 0 saturated carbocycles. The first kappa shape index (κ1) is 35.1. The number of nitrogens with zero attached hydrogens (tertiary/aromatic N) is 3. The van der Waals surface area contributed by atoms with Gasteiger partial charge in [0.05, 0.1) is 0 Å². The van der Waals surface area contributed by atoms with Crippen molar-refractivity contribution >= 4 is 18.1 Å². The molecule has 0 aromatic carbocycles. The normalized spacial score (nSPS) is 15.7. The Kier molecular flexibility index (Phi) is 26.8. The second kappa shape index (κ2) is 22.9. The van der Waals surface area contributed by atoms with Crippen LogP contribution in [0, 0.1) is 0 Å². The lowest BCUT2D eigenvalue weighted by molar-refractivity contribution is 0.113. The molecule has 3 saturated heterocycles. The van der Waals surface area contributed by atoms with Crippen LogP contribution in [0.25, 0.3) is 0 Å². The molecule has 3 aliphatic rings. The summed E-state index contributed by atoms with van der Waals surface area (Å²) in [5, 5.41) is 47.2. The Hall–Kier alpha value is -2.39. The standard InChI is InChI=1S/C5H10N2O3.C4H8N2O2.C3H6N2O.2CH4O.2CH4/c8-3-6-1-2-7(4-9)5(6)10;7-3-6-2-1-5-4(6)8;6-3-4-1-2-5-3;2*1-2;;/h8-9H,1-4H2;7H,1-3H2,(H,5,8);1-2H2,(H2,4,5,6);2*2H,1H3;2*1H4. The Morgan fingerprint density at radius 2 is 1.07 bits per heavy atom. The number of hydrogen-bond acceptors (Lipinski definition) is 8. The van der Waals surface area contributed by atoms with E-state index >= 15 is 0 Å². The lowest BCUT2D eigenvalue weighted by atomic mass is 10.6. The highest BCUT2D eigenvalue weighted by molar-refractivity contribution is 5.76. The number of hydrogen-bond donors (Lipinski definition) is 8. The smallest absolute Gasteiger partial charge is 0.323 e. The van der Waals surface area contributed by atoms with Gasteiger partial charge in [-0.1, -0.05) is 14.9 Å². The van der Waals surface area contributed by atoms with E-state index in [0.717, 1.165) is 27.3 Å². The zero-order valence-corrected chi connectivity index (χ0v) is 16.2. The van der Waals surface area contributed by atoms with Crippen molar-refractivity contribution in [2.75, 3.05) is 73.7 Å². The molecule has 0 atom stereocenters. The molecule has 0 aliphatic carbocycles. The number of urea groups is 3. The van der Waals surface area contributed by atoms with Crippen LogP contribution in [0.2, 0.25) is 0 Å². The fourth-order valence-corrected chi connectivity index (χ4v) is 1.96. The van der Waals surface area contributed by atoms with Crippen LogP contribution in [-0.2, 0) is 0 Å². The van der Waals surface area contributed by atoms with E-state index < -0.39 is 0 Å². The van der Waals surface area contributed by atoms with Gasteiger partial charge in [-0.25, -0.2) is 14.4 Å². The molecule has 0 unspecified atom stereocenters. The van der Waals surface area contributed by atoms with Crippen LogP contribution in [0.3, 0.4) is 0 Å². The summed E-state index contributed by atoms with van der Waals surface area (Å²) in [7, 11) is 2.00. The number of aliphatic hydroxyl groups excluding tert-OH is 5. The van der Waals surface area contributed by atoms with Gasteiger partial charge in [0.1, 0.15) is 20.2 Å². The van der Waals surface area contributed by atoms with E-state index in [-0.39, 0.29) is 53.1 Å². The predicted octanol–water partition coefficient (Wildman–Crippen LogP) is -2.63. The molecule has 14 heteroatoms. The third kappa shape index (κ3) is 13.7. The van der Waals surface area contributed by atoms with Crippen LogP contribution >= 0.6 is 0 Å². The van der Waals surface area contributed by atoms with Gasteiger partial charge in [0, 0.05) is 53.5 Å². The van der Waals surface area contributed by atoms with Crippen molar-refractivity contribution in [2.24, 2.45) is 0 Å². The van der Waals surface area contributed by atoms with Crippen LogP contribution in [0.4, 0.5) is 14.4 Å². The van der Waals surface area contributed by atoms with Gasteiger partial charge in [-0.05, 0) is 0 Å². The Bertz CT molecular complexity index is 422. The minimum Gasteiger partial charge on any atom is -0.400 e. The van der Waals surface area contributed by atoms with E-state index in [2.05, 4.69) is 16.0 Å². The quantitative estimate of drug-likeness (QED) is 0.231. The molecule has 3 rings (SSSR count). The van der Waals surface area contributed by atoms with Gasteiger partial charge in [-0.15, -0.1) is 0 Å². The first-order valence-electron chi connectivity index (χ1n) is 8.33. The van der Waals surface area contributed by atoms with E-state index in [4.69, 9.17) is 25.5 Å². The Morgan fingerprint density at radius 3 is 1.23 bits per heavy atom. The number of rotatable bonds is 3. The third-order valence-electron chi connectivity index (χ3n) is 3.33. The fourth-order valence-electron chi connectivity index (χ4n) is 1.96. The number of nitrogens with one attached hydrogen (secondary N) is 3. The van der Waals surface area contributed by atoms with Crippen LogP contribution in [0.1, 0.15) is 14.9 Å². The minimum atomic E-state index is -0.301. The van der Waals surface area contributed by atoms with Gasteiger partial charge in [-0.2, -0.15) is 0 Å². The number of carbonyl (C=O) groups is 3. The second-order valence-electron chi connectivity index (χ2n) is 4.91. The summed E-state index contributed by atoms with van der Waals surface area (Å²) < 4.78 is 0. The van der Waals surface area contributed by atoms with Crippen molar-refractivity contribution < 1.29 is 39.9 Å². The summed E-state index contributed by atoms with van der Waals surface area (Å²) in [6.45, 7) is 3.11. The summed E-state index contributed by atoms with van der Waals surface area (Å²) in [5.74, 6) is 0. The molecule has 3 aliphatic heterocycles. The van der Waals surface area contributed by atoms with E-state index in [0.29, 0.717) is 26.2 Å². The molecular weight excluding hydrogens is 404 g/mol. The molecule has 0 spiro atoms. The second-order valence-corrected chi connectivity index (χ2v) is 4.91. The number of amides is 6. The topological polar surface area (TPSA) is 198 Å². The zero-order valence-electron chi connectivity index (χ0n) is 16.2. The summed E-state index contributed by atoms with van der Waals surface area (Å²) in [4.78, 5) is 35.2. The average Bonchev–Trinajstić information content (AvgIpc) is 3.47. The molecule has 8 N–H and O–H groups in total. The number of aliphatic hydroxyl groups is 5. The van der Waals surface area contributed by atoms with Gasteiger partial charge in [0.15, 0.2) is 0 Å². The maximum atomic E-state index is 10.9. The summed E-state index contributed by atoms with van der Waals surface area (Å²) in [6, 6.07) is -0.521. The molecule has 0 bridgehead atoms. The summed E-state index contributed by atoms with van der Waals surface area (Å²) >= 11 is 0. The van der Waals surface area contributed by atoms with E-state index in [1.807, 2.05) is 0 Å². The molecule has 30 heavy (non-hydrogen) atoms.